The first kappa shape index (κ1) is 34.1. The molecule has 0 aliphatic heterocycles. The SMILES string of the molecule is CCC(=O)/N=C(/N)c1ccc(OCCCCCOc2ccc(C(=O)N(C(C)C)C(C)C)c(OC(C)(C)C(=O)O)c2)cc1. The molecule has 42 heavy (non-hydrogen) atoms. The Hall–Kier alpha value is -4.08. The van der Waals surface area contributed by atoms with Gasteiger partial charge in [-0.3, -0.25) is 9.59 Å². The highest BCUT2D eigenvalue weighted by Crippen LogP contribution is 2.31. The summed E-state index contributed by atoms with van der Waals surface area (Å²) in [6, 6.07) is 11.9. The van der Waals surface area contributed by atoms with Crippen molar-refractivity contribution >= 4 is 23.6 Å². The Balaban J connectivity index is 1.93. The Morgan fingerprint density at radius 2 is 1.45 bits per heavy atom. The molecule has 2 amide bonds. The molecule has 0 aliphatic carbocycles. The van der Waals surface area contributed by atoms with Crippen LogP contribution in [0.15, 0.2) is 47.5 Å². The zero-order valence-corrected chi connectivity index (χ0v) is 25.8. The highest BCUT2D eigenvalue weighted by atomic mass is 16.5. The summed E-state index contributed by atoms with van der Waals surface area (Å²) in [5, 5.41) is 9.59. The molecule has 10 heteroatoms. The van der Waals surface area contributed by atoms with Crippen molar-refractivity contribution in [2.75, 3.05) is 13.2 Å². The van der Waals surface area contributed by atoms with Gasteiger partial charge in [0.15, 0.2) is 5.60 Å². The van der Waals surface area contributed by atoms with E-state index in [1.165, 1.54) is 13.8 Å². The Morgan fingerprint density at radius 1 is 0.905 bits per heavy atom. The third-order valence-corrected chi connectivity index (χ3v) is 6.43. The quantitative estimate of drug-likeness (QED) is 0.151. The van der Waals surface area contributed by atoms with E-state index in [2.05, 4.69) is 4.99 Å². The number of unbranched alkanes of at least 4 members (excludes halogenated alkanes) is 2. The van der Waals surface area contributed by atoms with Crippen molar-refractivity contribution in [2.45, 2.75) is 91.8 Å². The summed E-state index contributed by atoms with van der Waals surface area (Å²) in [7, 11) is 0. The maximum atomic E-state index is 13.4. The molecule has 0 bridgehead atoms. The van der Waals surface area contributed by atoms with Crippen LogP contribution in [0.25, 0.3) is 0 Å². The smallest absolute Gasteiger partial charge is 0.347 e. The molecule has 0 saturated heterocycles. The van der Waals surface area contributed by atoms with E-state index in [9.17, 15) is 19.5 Å². The highest BCUT2D eigenvalue weighted by molar-refractivity contribution is 6.04. The number of rotatable bonds is 16. The molecular formula is C32H45N3O7. The summed E-state index contributed by atoms with van der Waals surface area (Å²) in [5.41, 5.74) is 5.27. The molecule has 0 aromatic heterocycles. The summed E-state index contributed by atoms with van der Waals surface area (Å²) in [4.78, 5) is 42.1. The molecule has 0 aliphatic rings. The van der Waals surface area contributed by atoms with E-state index >= 15 is 0 Å². The Labute approximate surface area is 248 Å². The number of benzene rings is 2. The van der Waals surface area contributed by atoms with Crippen LogP contribution in [0.3, 0.4) is 0 Å². The van der Waals surface area contributed by atoms with E-state index < -0.39 is 11.6 Å². The highest BCUT2D eigenvalue weighted by Gasteiger charge is 2.33. The van der Waals surface area contributed by atoms with Gasteiger partial charge >= 0.3 is 5.97 Å². The van der Waals surface area contributed by atoms with Crippen molar-refractivity contribution in [3.8, 4) is 17.2 Å². The number of carboxylic acids is 1. The number of ether oxygens (including phenoxy) is 3. The Morgan fingerprint density at radius 3 is 1.98 bits per heavy atom. The van der Waals surface area contributed by atoms with Gasteiger partial charge in [-0.1, -0.05) is 6.92 Å². The van der Waals surface area contributed by atoms with Gasteiger partial charge in [0.25, 0.3) is 5.91 Å². The molecule has 0 spiro atoms. The first-order chi connectivity index (χ1) is 19.8. The first-order valence-corrected chi connectivity index (χ1v) is 14.4. The number of hydrogen-bond donors (Lipinski definition) is 2. The molecule has 3 N–H and O–H groups in total. The minimum absolute atomic E-state index is 0.0483. The van der Waals surface area contributed by atoms with E-state index in [0.29, 0.717) is 36.7 Å². The molecule has 230 valence electrons. The van der Waals surface area contributed by atoms with Gasteiger partial charge in [0.2, 0.25) is 5.91 Å². The van der Waals surface area contributed by atoms with Crippen molar-refractivity contribution in [3.63, 3.8) is 0 Å². The number of carbonyl (C=O) groups excluding carboxylic acids is 2. The fourth-order valence-electron chi connectivity index (χ4n) is 4.14. The van der Waals surface area contributed by atoms with Gasteiger partial charge in [-0.25, -0.2) is 4.79 Å². The van der Waals surface area contributed by atoms with Crippen LogP contribution >= 0.6 is 0 Å². The average Bonchev–Trinajstić information content (AvgIpc) is 2.92. The van der Waals surface area contributed by atoms with Gasteiger partial charge in [0, 0.05) is 30.1 Å². The van der Waals surface area contributed by atoms with Crippen molar-refractivity contribution in [1.29, 1.82) is 0 Å². The van der Waals surface area contributed by atoms with Gasteiger partial charge < -0.3 is 30.0 Å². The van der Waals surface area contributed by atoms with Gasteiger partial charge in [-0.05, 0) is 97.2 Å². The maximum absolute atomic E-state index is 13.4. The minimum atomic E-state index is -1.54. The van der Waals surface area contributed by atoms with E-state index in [1.54, 1.807) is 54.3 Å². The number of carboxylic acid groups (broad SMARTS) is 1. The second kappa shape index (κ2) is 15.8. The minimum Gasteiger partial charge on any atom is -0.494 e. The van der Waals surface area contributed by atoms with Crippen LogP contribution in [0.2, 0.25) is 0 Å². The fraction of sp³-hybridized carbons (Fsp3) is 0.500. The molecule has 0 atom stereocenters. The average molecular weight is 584 g/mol. The summed E-state index contributed by atoms with van der Waals surface area (Å²) in [5.74, 6) is -0.100. The normalized spacial score (nSPS) is 11.9. The molecule has 10 nitrogen and oxygen atoms in total. The lowest BCUT2D eigenvalue weighted by Gasteiger charge is -2.32. The number of aliphatic imine (C=N–C) groups is 1. The Kier molecular flexibility index (Phi) is 12.8. The second-order valence-corrected chi connectivity index (χ2v) is 11.0. The van der Waals surface area contributed by atoms with Crippen LogP contribution in [0.5, 0.6) is 17.2 Å². The molecule has 0 fully saturated rings. The lowest BCUT2D eigenvalue weighted by atomic mass is 10.1. The van der Waals surface area contributed by atoms with E-state index in [4.69, 9.17) is 19.9 Å². The fourth-order valence-corrected chi connectivity index (χ4v) is 4.14. The number of amides is 2. The monoisotopic (exact) mass is 583 g/mol. The second-order valence-electron chi connectivity index (χ2n) is 11.0. The molecule has 2 aromatic rings. The lowest BCUT2D eigenvalue weighted by Crippen LogP contribution is -2.43. The van der Waals surface area contributed by atoms with Crippen LogP contribution < -0.4 is 19.9 Å². The number of hydrogen-bond acceptors (Lipinski definition) is 6. The zero-order chi connectivity index (χ0) is 31.4. The van der Waals surface area contributed by atoms with E-state index in [0.717, 1.165) is 19.3 Å². The van der Waals surface area contributed by atoms with Crippen molar-refractivity contribution in [2.24, 2.45) is 10.7 Å². The molecule has 0 saturated carbocycles. The lowest BCUT2D eigenvalue weighted by molar-refractivity contribution is -0.152. The maximum Gasteiger partial charge on any atom is 0.347 e. The van der Waals surface area contributed by atoms with Crippen molar-refractivity contribution < 1.29 is 33.7 Å². The summed E-state index contributed by atoms with van der Waals surface area (Å²) in [6.07, 6.45) is 2.75. The summed E-state index contributed by atoms with van der Waals surface area (Å²) in [6.45, 7) is 13.3. The number of carbonyl (C=O) groups is 3. The molecular weight excluding hydrogens is 538 g/mol. The van der Waals surface area contributed by atoms with Crippen LogP contribution in [0.4, 0.5) is 0 Å². The van der Waals surface area contributed by atoms with Gasteiger partial charge in [-0.15, -0.1) is 0 Å². The van der Waals surface area contributed by atoms with Crippen LogP contribution in [-0.4, -0.2) is 64.5 Å². The molecule has 2 aromatic carbocycles. The zero-order valence-electron chi connectivity index (χ0n) is 25.8. The van der Waals surface area contributed by atoms with Crippen molar-refractivity contribution in [1.82, 2.24) is 4.90 Å². The van der Waals surface area contributed by atoms with Crippen LogP contribution in [0, 0.1) is 0 Å². The van der Waals surface area contributed by atoms with E-state index in [1.807, 2.05) is 27.7 Å². The van der Waals surface area contributed by atoms with E-state index in [-0.39, 0.29) is 41.0 Å². The standard InChI is InChI=1S/C32H45N3O7/c1-8-28(36)34-29(33)23-12-14-24(15-13-23)40-18-10-9-11-19-41-25-16-17-26(30(37)35(21(2)3)22(4)5)27(20-25)42-32(6,7)31(38)39/h12-17,20-22H,8-11,18-19H2,1-7H3,(H,38,39)(H2,33,34,36). The van der Waals surface area contributed by atoms with Crippen LogP contribution in [-0.2, 0) is 9.59 Å². The largest absolute Gasteiger partial charge is 0.494 e. The third-order valence-electron chi connectivity index (χ3n) is 6.43. The third kappa shape index (κ3) is 10.1. The van der Waals surface area contributed by atoms with Gasteiger partial charge in [-0.2, -0.15) is 4.99 Å². The van der Waals surface area contributed by atoms with Gasteiger partial charge in [0.05, 0.1) is 18.8 Å². The number of amidine groups is 1. The van der Waals surface area contributed by atoms with Crippen LogP contribution in [0.1, 0.15) is 90.1 Å². The summed E-state index contributed by atoms with van der Waals surface area (Å²) < 4.78 is 17.5. The number of nitrogens with two attached hydrogens (primary N) is 1. The van der Waals surface area contributed by atoms with Gasteiger partial charge in [0.1, 0.15) is 23.1 Å². The first-order valence-electron chi connectivity index (χ1n) is 14.4. The molecule has 0 unspecified atom stereocenters. The number of aliphatic carboxylic acids is 1. The predicted octanol–water partition coefficient (Wildman–Crippen LogP) is 5.46. The predicted molar refractivity (Wildman–Crippen MR) is 163 cm³/mol. The molecule has 2 rings (SSSR count). The van der Waals surface area contributed by atoms with Crippen molar-refractivity contribution in [3.05, 3.63) is 53.6 Å². The Bertz CT molecular complexity index is 1230. The topological polar surface area (TPSA) is 141 Å². The molecule has 0 radical (unpaired) electrons. The molecule has 0 heterocycles. The summed E-state index contributed by atoms with van der Waals surface area (Å²) >= 11 is 0. The number of nitrogens with zero attached hydrogens (tertiary/aromatic N) is 2.